The van der Waals surface area contributed by atoms with Gasteiger partial charge in [-0.25, -0.2) is 9.97 Å². The summed E-state index contributed by atoms with van der Waals surface area (Å²) in [5.74, 6) is 0.169. The highest BCUT2D eigenvalue weighted by molar-refractivity contribution is 5.58. The topological polar surface area (TPSA) is 93.7 Å². The Hall–Kier alpha value is -3.11. The normalized spacial score (nSPS) is 19.1. The summed E-state index contributed by atoms with van der Waals surface area (Å²) in [5.41, 5.74) is 1.56. The summed E-state index contributed by atoms with van der Waals surface area (Å²) in [5, 5.41) is 10.0. The number of hydrogen-bond donors (Lipinski definition) is 2. The number of rotatable bonds is 6. The highest BCUT2D eigenvalue weighted by Crippen LogP contribution is 2.44. The van der Waals surface area contributed by atoms with E-state index in [1.54, 1.807) is 19.4 Å². The van der Waals surface area contributed by atoms with E-state index >= 15 is 0 Å². The van der Waals surface area contributed by atoms with Crippen LogP contribution >= 0.6 is 0 Å². The monoisotopic (exact) mass is 407 g/mol. The highest BCUT2D eigenvalue weighted by Gasteiger charge is 2.36. The van der Waals surface area contributed by atoms with E-state index < -0.39 is 11.7 Å². The van der Waals surface area contributed by atoms with E-state index in [0.29, 0.717) is 18.2 Å². The number of nitrogens with one attached hydrogen (secondary N) is 2. The molecule has 0 atom stereocenters. The van der Waals surface area contributed by atoms with Gasteiger partial charge >= 0.3 is 6.18 Å². The number of anilines is 3. The fraction of sp³-hybridized carbons (Fsp3) is 0.444. The summed E-state index contributed by atoms with van der Waals surface area (Å²) < 4.78 is 46.2. The molecule has 11 heteroatoms. The van der Waals surface area contributed by atoms with Crippen LogP contribution in [-0.2, 0) is 6.18 Å². The molecule has 0 aromatic carbocycles. The number of alkyl halides is 3. The van der Waals surface area contributed by atoms with Gasteiger partial charge in [0.05, 0.1) is 29.3 Å². The van der Waals surface area contributed by atoms with Crippen LogP contribution in [0.15, 0.2) is 29.5 Å². The van der Waals surface area contributed by atoms with Crippen molar-refractivity contribution in [2.45, 2.75) is 44.8 Å². The lowest BCUT2D eigenvalue weighted by atomic mass is 9.78. The van der Waals surface area contributed by atoms with Gasteiger partial charge in [-0.15, -0.1) is 0 Å². The Kier molecular flexibility index (Phi) is 4.89. The third-order valence-electron chi connectivity index (χ3n) is 5.06. The minimum Gasteiger partial charge on any atom is -0.451 e. The average Bonchev–Trinajstić information content (AvgIpc) is 3.26. The molecule has 1 fully saturated rings. The quantitative estimate of drug-likeness (QED) is 0.630. The van der Waals surface area contributed by atoms with Gasteiger partial charge < -0.3 is 15.1 Å². The van der Waals surface area contributed by atoms with Gasteiger partial charge in [-0.1, -0.05) is 0 Å². The van der Waals surface area contributed by atoms with Crippen LogP contribution in [0.1, 0.15) is 48.7 Å². The van der Waals surface area contributed by atoms with Crippen LogP contribution in [0.2, 0.25) is 0 Å². The smallest absolute Gasteiger partial charge is 0.421 e. The van der Waals surface area contributed by atoms with Crippen molar-refractivity contribution in [1.29, 1.82) is 0 Å². The van der Waals surface area contributed by atoms with E-state index in [2.05, 4.69) is 30.7 Å². The van der Waals surface area contributed by atoms with Gasteiger partial charge in [-0.3, -0.25) is 4.68 Å². The molecule has 29 heavy (non-hydrogen) atoms. The van der Waals surface area contributed by atoms with E-state index in [0.717, 1.165) is 30.4 Å². The highest BCUT2D eigenvalue weighted by atomic mass is 19.4. The number of halogens is 3. The molecule has 3 aromatic heterocycles. The minimum absolute atomic E-state index is 0.0747. The second-order valence-corrected chi connectivity index (χ2v) is 6.93. The number of nitrogens with zero attached hydrogens (tertiary/aromatic N) is 5. The molecule has 1 aliphatic rings. The summed E-state index contributed by atoms with van der Waals surface area (Å²) in [7, 11) is 0. The van der Waals surface area contributed by atoms with Crippen molar-refractivity contribution < 1.29 is 17.6 Å². The number of oxazole rings is 1. The molecule has 1 aliphatic carbocycles. The molecule has 0 unspecified atom stereocenters. The first kappa shape index (κ1) is 19.2. The Morgan fingerprint density at radius 1 is 1.24 bits per heavy atom. The standard InChI is InChI=1S/C18H20F3N7O/c1-3-22-16-13(18(19,20)21)6-23-17(27-16)26-14-7-25-28(10(14)2)12-4-11(5-12)15-8-29-9-24-15/h6-9,11-12H,3-5H2,1-2H3,(H2,22,23,26,27). The molecule has 154 valence electrons. The Bertz CT molecular complexity index is 978. The van der Waals surface area contributed by atoms with Crippen LogP contribution in [0.5, 0.6) is 0 Å². The molecule has 1 saturated carbocycles. The van der Waals surface area contributed by atoms with Crippen molar-refractivity contribution in [3.05, 3.63) is 42.0 Å². The van der Waals surface area contributed by atoms with Gasteiger partial charge in [-0.2, -0.15) is 23.3 Å². The fourth-order valence-corrected chi connectivity index (χ4v) is 3.44. The molecule has 0 radical (unpaired) electrons. The van der Waals surface area contributed by atoms with Crippen molar-refractivity contribution in [2.24, 2.45) is 0 Å². The zero-order chi connectivity index (χ0) is 20.6. The molecule has 0 aliphatic heterocycles. The Morgan fingerprint density at radius 2 is 2.03 bits per heavy atom. The summed E-state index contributed by atoms with van der Waals surface area (Å²) >= 11 is 0. The molecule has 0 spiro atoms. The molecular weight excluding hydrogens is 387 g/mol. The van der Waals surface area contributed by atoms with Gasteiger partial charge in [0.15, 0.2) is 6.39 Å². The van der Waals surface area contributed by atoms with Gasteiger partial charge in [0.2, 0.25) is 5.95 Å². The Morgan fingerprint density at radius 3 is 2.69 bits per heavy atom. The number of hydrogen-bond acceptors (Lipinski definition) is 7. The maximum Gasteiger partial charge on any atom is 0.421 e. The SMILES string of the molecule is CCNc1nc(Nc2cnn(C3CC(c4cocn4)C3)c2C)ncc1C(F)(F)F. The number of aromatic nitrogens is 5. The second-order valence-electron chi connectivity index (χ2n) is 6.93. The van der Waals surface area contributed by atoms with Crippen LogP contribution in [0, 0.1) is 6.92 Å². The summed E-state index contributed by atoms with van der Waals surface area (Å²) in [6.45, 7) is 3.91. The van der Waals surface area contributed by atoms with Crippen LogP contribution in [0.3, 0.4) is 0 Å². The summed E-state index contributed by atoms with van der Waals surface area (Å²) in [4.78, 5) is 12.0. The molecule has 8 nitrogen and oxygen atoms in total. The van der Waals surface area contributed by atoms with Crippen LogP contribution in [0.4, 0.5) is 30.6 Å². The molecule has 4 rings (SSSR count). The van der Waals surface area contributed by atoms with Crippen molar-refractivity contribution in [3.63, 3.8) is 0 Å². The van der Waals surface area contributed by atoms with Crippen molar-refractivity contribution >= 4 is 17.5 Å². The van der Waals surface area contributed by atoms with Crippen LogP contribution < -0.4 is 10.6 Å². The van der Waals surface area contributed by atoms with Gasteiger partial charge in [0, 0.05) is 18.7 Å². The molecule has 0 bridgehead atoms. The molecule has 3 aromatic rings. The first-order valence-electron chi connectivity index (χ1n) is 9.24. The molecule has 2 N–H and O–H groups in total. The first-order valence-corrected chi connectivity index (χ1v) is 9.24. The lowest BCUT2D eigenvalue weighted by Crippen LogP contribution is -2.27. The molecule has 0 amide bonds. The van der Waals surface area contributed by atoms with E-state index in [1.807, 2.05) is 11.6 Å². The van der Waals surface area contributed by atoms with Gasteiger partial charge in [-0.05, 0) is 26.7 Å². The van der Waals surface area contributed by atoms with Gasteiger partial charge in [0.1, 0.15) is 17.6 Å². The van der Waals surface area contributed by atoms with E-state index in [1.165, 1.54) is 6.39 Å². The third-order valence-corrected chi connectivity index (χ3v) is 5.06. The maximum atomic E-state index is 13.1. The zero-order valence-corrected chi connectivity index (χ0v) is 15.9. The zero-order valence-electron chi connectivity index (χ0n) is 15.9. The fourth-order valence-electron chi connectivity index (χ4n) is 3.44. The van der Waals surface area contributed by atoms with Crippen molar-refractivity contribution in [1.82, 2.24) is 24.7 Å². The molecule has 0 saturated heterocycles. The van der Waals surface area contributed by atoms with Crippen molar-refractivity contribution in [2.75, 3.05) is 17.2 Å². The first-order chi connectivity index (χ1) is 13.9. The maximum absolute atomic E-state index is 13.1. The molecular formula is C18H20F3N7O. The predicted octanol–water partition coefficient (Wildman–Crippen LogP) is 4.28. The largest absolute Gasteiger partial charge is 0.451 e. The summed E-state index contributed by atoms with van der Waals surface area (Å²) in [6.07, 6.45) is 2.77. The van der Waals surface area contributed by atoms with Crippen LogP contribution in [-0.4, -0.2) is 31.3 Å². The second kappa shape index (κ2) is 7.37. The molecule has 3 heterocycles. The Labute approximate surface area is 164 Å². The van der Waals surface area contributed by atoms with E-state index in [9.17, 15) is 13.2 Å². The lowest BCUT2D eigenvalue weighted by molar-refractivity contribution is -0.137. The summed E-state index contributed by atoms with van der Waals surface area (Å²) in [6, 6.07) is 0.234. The lowest BCUT2D eigenvalue weighted by Gasteiger charge is -2.34. The third kappa shape index (κ3) is 3.76. The average molecular weight is 407 g/mol. The minimum atomic E-state index is -4.53. The van der Waals surface area contributed by atoms with E-state index in [-0.39, 0.29) is 17.8 Å². The predicted molar refractivity (Wildman–Crippen MR) is 99.0 cm³/mol. The van der Waals surface area contributed by atoms with Crippen molar-refractivity contribution in [3.8, 4) is 0 Å². The van der Waals surface area contributed by atoms with Gasteiger partial charge in [0.25, 0.3) is 0 Å². The Balaban J connectivity index is 1.49. The van der Waals surface area contributed by atoms with E-state index in [4.69, 9.17) is 4.42 Å². The van der Waals surface area contributed by atoms with Crippen LogP contribution in [0.25, 0.3) is 0 Å².